The third kappa shape index (κ3) is 4.01. The van der Waals surface area contributed by atoms with E-state index in [4.69, 9.17) is 21.1 Å². The zero-order chi connectivity index (χ0) is 21.3. The Bertz CT molecular complexity index is 1090. The molecule has 1 saturated heterocycles. The number of methoxy groups -OCH3 is 2. The van der Waals surface area contributed by atoms with E-state index in [-0.39, 0.29) is 22.0 Å². The number of halogens is 1. The fraction of sp³-hybridized carbons (Fsp3) is 0.263. The summed E-state index contributed by atoms with van der Waals surface area (Å²) in [5.41, 5.74) is 0.623. The van der Waals surface area contributed by atoms with Crippen molar-refractivity contribution in [3.63, 3.8) is 0 Å². The average Bonchev–Trinajstić information content (AvgIpc) is 2.88. The van der Waals surface area contributed by atoms with Gasteiger partial charge in [0, 0.05) is 6.07 Å². The Morgan fingerprint density at radius 3 is 2.45 bits per heavy atom. The second-order valence-electron chi connectivity index (χ2n) is 6.47. The van der Waals surface area contributed by atoms with Gasteiger partial charge in [0.1, 0.15) is 11.5 Å². The van der Waals surface area contributed by atoms with Gasteiger partial charge in [-0.05, 0) is 30.3 Å². The number of benzene rings is 2. The summed E-state index contributed by atoms with van der Waals surface area (Å²) >= 11 is 6.22. The highest BCUT2D eigenvalue weighted by Gasteiger charge is 2.42. The quantitative estimate of drug-likeness (QED) is 0.770. The van der Waals surface area contributed by atoms with Crippen molar-refractivity contribution < 1.29 is 27.5 Å². The SMILES string of the molecule is COc1ccc(NC(=O)c2ccc(N3C(=O)[C@H](C)CS3(=O)=O)cc2Cl)c(OC)c1. The lowest BCUT2D eigenvalue weighted by atomic mass is 10.1. The van der Waals surface area contributed by atoms with E-state index in [0.717, 1.165) is 4.31 Å². The molecule has 0 bridgehead atoms. The Balaban J connectivity index is 1.88. The summed E-state index contributed by atoms with van der Waals surface area (Å²) in [4.78, 5) is 24.9. The van der Waals surface area contributed by atoms with E-state index >= 15 is 0 Å². The predicted octanol–water partition coefficient (Wildman–Crippen LogP) is 2.92. The first kappa shape index (κ1) is 20.9. The summed E-state index contributed by atoms with van der Waals surface area (Å²) in [6, 6.07) is 8.93. The molecule has 1 atom stereocenters. The van der Waals surface area contributed by atoms with Crippen LogP contribution in [0.1, 0.15) is 17.3 Å². The molecule has 0 saturated carbocycles. The van der Waals surface area contributed by atoms with Crippen molar-refractivity contribution >= 4 is 44.8 Å². The fourth-order valence-corrected chi connectivity index (χ4v) is 5.07. The van der Waals surface area contributed by atoms with E-state index in [1.807, 2.05) is 0 Å². The highest BCUT2D eigenvalue weighted by atomic mass is 35.5. The largest absolute Gasteiger partial charge is 0.497 e. The minimum Gasteiger partial charge on any atom is -0.497 e. The van der Waals surface area contributed by atoms with Crippen LogP contribution in [-0.2, 0) is 14.8 Å². The van der Waals surface area contributed by atoms with Crippen molar-refractivity contribution in [1.82, 2.24) is 0 Å². The summed E-state index contributed by atoms with van der Waals surface area (Å²) in [6.45, 7) is 1.55. The Kier molecular flexibility index (Phi) is 5.72. The lowest BCUT2D eigenvalue weighted by Gasteiger charge is -2.17. The molecule has 154 valence electrons. The molecule has 0 unspecified atom stereocenters. The topological polar surface area (TPSA) is 102 Å². The number of rotatable bonds is 5. The summed E-state index contributed by atoms with van der Waals surface area (Å²) in [5.74, 6) is -0.983. The molecule has 1 fully saturated rings. The highest BCUT2D eigenvalue weighted by molar-refractivity contribution is 7.94. The van der Waals surface area contributed by atoms with Gasteiger partial charge < -0.3 is 14.8 Å². The molecule has 0 aromatic heterocycles. The smallest absolute Gasteiger partial charge is 0.257 e. The predicted molar refractivity (Wildman–Crippen MR) is 109 cm³/mol. The Morgan fingerprint density at radius 1 is 1.17 bits per heavy atom. The van der Waals surface area contributed by atoms with E-state index in [0.29, 0.717) is 17.2 Å². The van der Waals surface area contributed by atoms with Crippen molar-refractivity contribution in [2.45, 2.75) is 6.92 Å². The number of anilines is 2. The number of hydrogen-bond acceptors (Lipinski definition) is 6. The Labute approximate surface area is 173 Å². The molecule has 0 aliphatic carbocycles. The van der Waals surface area contributed by atoms with Gasteiger partial charge in [-0.2, -0.15) is 0 Å². The van der Waals surface area contributed by atoms with Crippen molar-refractivity contribution in [2.24, 2.45) is 5.92 Å². The van der Waals surface area contributed by atoms with Crippen molar-refractivity contribution in [2.75, 3.05) is 29.6 Å². The van der Waals surface area contributed by atoms with Crippen LogP contribution in [0.25, 0.3) is 0 Å². The maximum Gasteiger partial charge on any atom is 0.257 e. The lowest BCUT2D eigenvalue weighted by molar-refractivity contribution is -0.119. The minimum absolute atomic E-state index is 0.00929. The van der Waals surface area contributed by atoms with Crippen molar-refractivity contribution in [1.29, 1.82) is 0 Å². The molecule has 8 nitrogen and oxygen atoms in total. The summed E-state index contributed by atoms with van der Waals surface area (Å²) in [6.07, 6.45) is 0. The van der Waals surface area contributed by atoms with Crippen LogP contribution < -0.4 is 19.1 Å². The van der Waals surface area contributed by atoms with Gasteiger partial charge in [0.05, 0.1) is 47.9 Å². The second-order valence-corrected chi connectivity index (χ2v) is 8.74. The van der Waals surface area contributed by atoms with Crippen LogP contribution in [0.3, 0.4) is 0 Å². The monoisotopic (exact) mass is 438 g/mol. The Hall–Kier alpha value is -2.78. The van der Waals surface area contributed by atoms with Crippen LogP contribution in [-0.4, -0.2) is 40.2 Å². The van der Waals surface area contributed by atoms with Crippen molar-refractivity contribution in [3.8, 4) is 11.5 Å². The van der Waals surface area contributed by atoms with E-state index in [9.17, 15) is 18.0 Å². The first-order valence-corrected chi connectivity index (χ1v) is 10.6. The standard InChI is InChI=1S/C19H19ClN2O6S/c1-11-10-29(25,26)22(19(11)24)12-4-6-14(15(20)8-12)18(23)21-16-7-5-13(27-2)9-17(16)28-3/h4-9,11H,10H2,1-3H3,(H,21,23)/t11-/m1/s1. The number of amides is 2. The molecular weight excluding hydrogens is 420 g/mol. The second kappa shape index (κ2) is 7.92. The first-order valence-electron chi connectivity index (χ1n) is 8.57. The molecule has 2 amide bonds. The molecule has 0 radical (unpaired) electrons. The number of nitrogens with one attached hydrogen (secondary N) is 1. The molecule has 1 heterocycles. The minimum atomic E-state index is -3.76. The molecule has 1 aliphatic rings. The van der Waals surface area contributed by atoms with E-state index in [1.165, 1.54) is 32.4 Å². The summed E-state index contributed by atoms with van der Waals surface area (Å²) in [7, 11) is -0.783. The van der Waals surface area contributed by atoms with E-state index in [1.54, 1.807) is 25.1 Å². The van der Waals surface area contributed by atoms with Crippen LogP contribution in [0.4, 0.5) is 11.4 Å². The van der Waals surface area contributed by atoms with Gasteiger partial charge in [0.2, 0.25) is 15.9 Å². The summed E-state index contributed by atoms with van der Waals surface area (Å²) < 4.78 is 35.6. The molecule has 1 N–H and O–H groups in total. The molecule has 10 heteroatoms. The molecule has 2 aromatic carbocycles. The van der Waals surface area contributed by atoms with E-state index in [2.05, 4.69) is 5.32 Å². The van der Waals surface area contributed by atoms with Gasteiger partial charge in [-0.25, -0.2) is 12.7 Å². The number of sulfonamides is 1. The van der Waals surface area contributed by atoms with Gasteiger partial charge in [0.25, 0.3) is 5.91 Å². The van der Waals surface area contributed by atoms with Crippen LogP contribution in [0, 0.1) is 5.92 Å². The molecule has 2 aromatic rings. The number of hydrogen-bond donors (Lipinski definition) is 1. The maximum atomic E-state index is 12.7. The van der Waals surface area contributed by atoms with Gasteiger partial charge in [-0.3, -0.25) is 9.59 Å². The molecule has 29 heavy (non-hydrogen) atoms. The maximum absolute atomic E-state index is 12.7. The fourth-order valence-electron chi connectivity index (χ4n) is 2.99. The van der Waals surface area contributed by atoms with Crippen LogP contribution in [0.2, 0.25) is 5.02 Å². The van der Waals surface area contributed by atoms with Gasteiger partial charge in [0.15, 0.2) is 0 Å². The summed E-state index contributed by atoms with van der Waals surface area (Å²) in [5, 5.41) is 2.70. The molecular formula is C19H19ClN2O6S. The number of carbonyl (C=O) groups is 2. The molecule has 0 spiro atoms. The van der Waals surface area contributed by atoms with Crippen LogP contribution >= 0.6 is 11.6 Å². The first-order chi connectivity index (χ1) is 13.7. The zero-order valence-corrected chi connectivity index (χ0v) is 17.5. The third-order valence-corrected chi connectivity index (χ3v) is 6.63. The zero-order valence-electron chi connectivity index (χ0n) is 15.9. The molecule has 1 aliphatic heterocycles. The van der Waals surface area contributed by atoms with Crippen LogP contribution in [0.15, 0.2) is 36.4 Å². The molecule has 3 rings (SSSR count). The van der Waals surface area contributed by atoms with Crippen LogP contribution in [0.5, 0.6) is 11.5 Å². The average molecular weight is 439 g/mol. The normalized spacial score (nSPS) is 17.9. The highest BCUT2D eigenvalue weighted by Crippen LogP contribution is 2.33. The van der Waals surface area contributed by atoms with Gasteiger partial charge in [-0.15, -0.1) is 0 Å². The third-order valence-electron chi connectivity index (χ3n) is 4.45. The number of nitrogens with zero attached hydrogens (tertiary/aromatic N) is 1. The lowest BCUT2D eigenvalue weighted by Crippen LogP contribution is -2.30. The van der Waals surface area contributed by atoms with E-state index < -0.39 is 27.8 Å². The number of ether oxygens (including phenoxy) is 2. The van der Waals surface area contributed by atoms with Crippen molar-refractivity contribution in [3.05, 3.63) is 47.0 Å². The van der Waals surface area contributed by atoms with Gasteiger partial charge >= 0.3 is 0 Å². The van der Waals surface area contributed by atoms with Gasteiger partial charge in [-0.1, -0.05) is 18.5 Å². The number of carbonyl (C=O) groups excluding carboxylic acids is 2. The Morgan fingerprint density at radius 2 is 1.90 bits per heavy atom.